The van der Waals surface area contributed by atoms with Crippen molar-refractivity contribution in [3.63, 3.8) is 0 Å². The molecule has 0 bridgehead atoms. The van der Waals surface area contributed by atoms with Crippen molar-refractivity contribution in [2.75, 3.05) is 0 Å². The van der Waals surface area contributed by atoms with Gasteiger partial charge in [-0.3, -0.25) is 0 Å². The summed E-state index contributed by atoms with van der Waals surface area (Å²) in [6.45, 7) is 2.71. The molecule has 3 rings (SSSR count). The minimum Gasteiger partial charge on any atom is -0.306 e. The standard InChI is InChI=1S/C19H18FN/c1-14(18-8-4-5-9-19(18)20)21-13-15-10-11-16-6-2-3-7-17(16)12-15/h2-12,14,21H,13H2,1H3/t14-/m1/s1. The number of fused-ring (bicyclic) bond motifs is 1. The van der Waals surface area contributed by atoms with Crippen LogP contribution in [0, 0.1) is 5.82 Å². The summed E-state index contributed by atoms with van der Waals surface area (Å²) in [6.07, 6.45) is 0. The van der Waals surface area contributed by atoms with Crippen molar-refractivity contribution in [3.05, 3.63) is 83.7 Å². The Morgan fingerprint density at radius 2 is 1.62 bits per heavy atom. The van der Waals surface area contributed by atoms with Gasteiger partial charge in [-0.25, -0.2) is 4.39 Å². The van der Waals surface area contributed by atoms with E-state index in [-0.39, 0.29) is 11.9 Å². The van der Waals surface area contributed by atoms with Crippen LogP contribution in [-0.2, 0) is 6.54 Å². The molecule has 0 saturated carbocycles. The van der Waals surface area contributed by atoms with Gasteiger partial charge in [-0.2, -0.15) is 0 Å². The van der Waals surface area contributed by atoms with Gasteiger partial charge in [-0.1, -0.05) is 54.6 Å². The van der Waals surface area contributed by atoms with Gasteiger partial charge in [0.15, 0.2) is 0 Å². The number of hydrogen-bond acceptors (Lipinski definition) is 1. The first-order chi connectivity index (χ1) is 10.2. The van der Waals surface area contributed by atoms with Crippen molar-refractivity contribution in [3.8, 4) is 0 Å². The Bertz CT molecular complexity index is 751. The smallest absolute Gasteiger partial charge is 0.127 e. The molecule has 2 heteroatoms. The van der Waals surface area contributed by atoms with Crippen LogP contribution in [-0.4, -0.2) is 0 Å². The van der Waals surface area contributed by atoms with Gasteiger partial charge in [-0.05, 0) is 35.4 Å². The highest BCUT2D eigenvalue weighted by Gasteiger charge is 2.09. The number of rotatable bonds is 4. The SMILES string of the molecule is C[C@@H](NCc1ccc2ccccc2c1)c1ccccc1F. The number of halogens is 1. The largest absolute Gasteiger partial charge is 0.306 e. The average molecular weight is 279 g/mol. The van der Waals surface area contributed by atoms with Crippen LogP contribution in [0.25, 0.3) is 10.8 Å². The third-order valence-corrected chi connectivity index (χ3v) is 3.80. The molecule has 3 aromatic rings. The molecule has 0 aliphatic carbocycles. The molecule has 0 aliphatic heterocycles. The normalized spacial score (nSPS) is 12.5. The Morgan fingerprint density at radius 1 is 0.905 bits per heavy atom. The molecule has 1 atom stereocenters. The molecule has 0 fully saturated rings. The van der Waals surface area contributed by atoms with Crippen LogP contribution >= 0.6 is 0 Å². The zero-order chi connectivity index (χ0) is 14.7. The van der Waals surface area contributed by atoms with Crippen LogP contribution in [0.4, 0.5) is 4.39 Å². The Balaban J connectivity index is 1.73. The maximum atomic E-state index is 13.7. The van der Waals surface area contributed by atoms with Gasteiger partial charge in [0, 0.05) is 18.2 Å². The summed E-state index contributed by atoms with van der Waals surface area (Å²) in [5.74, 6) is -0.156. The molecule has 0 spiro atoms. The summed E-state index contributed by atoms with van der Waals surface area (Å²) in [4.78, 5) is 0. The number of nitrogens with one attached hydrogen (secondary N) is 1. The van der Waals surface area contributed by atoms with E-state index in [0.29, 0.717) is 5.56 Å². The molecular formula is C19H18FN. The third kappa shape index (κ3) is 3.11. The molecule has 0 heterocycles. The van der Waals surface area contributed by atoms with E-state index in [1.165, 1.54) is 22.4 Å². The van der Waals surface area contributed by atoms with E-state index >= 15 is 0 Å². The quantitative estimate of drug-likeness (QED) is 0.721. The molecule has 3 aromatic carbocycles. The summed E-state index contributed by atoms with van der Waals surface area (Å²) >= 11 is 0. The van der Waals surface area contributed by atoms with E-state index in [2.05, 4.69) is 35.6 Å². The van der Waals surface area contributed by atoms with E-state index in [1.807, 2.05) is 31.2 Å². The second kappa shape index (κ2) is 6.06. The lowest BCUT2D eigenvalue weighted by atomic mass is 10.1. The van der Waals surface area contributed by atoms with Gasteiger partial charge in [0.25, 0.3) is 0 Å². The van der Waals surface area contributed by atoms with Crippen molar-refractivity contribution >= 4 is 10.8 Å². The van der Waals surface area contributed by atoms with Crippen LogP contribution in [0.1, 0.15) is 24.1 Å². The fourth-order valence-electron chi connectivity index (χ4n) is 2.56. The molecule has 0 radical (unpaired) electrons. The van der Waals surface area contributed by atoms with E-state index in [9.17, 15) is 4.39 Å². The lowest BCUT2D eigenvalue weighted by molar-refractivity contribution is 0.528. The molecule has 21 heavy (non-hydrogen) atoms. The third-order valence-electron chi connectivity index (χ3n) is 3.80. The molecule has 106 valence electrons. The van der Waals surface area contributed by atoms with Crippen molar-refractivity contribution in [1.82, 2.24) is 5.32 Å². The molecular weight excluding hydrogens is 261 g/mol. The predicted octanol–water partition coefficient (Wildman–Crippen LogP) is 4.83. The minimum absolute atomic E-state index is 0.0160. The van der Waals surface area contributed by atoms with E-state index < -0.39 is 0 Å². The Morgan fingerprint density at radius 3 is 2.43 bits per heavy atom. The van der Waals surface area contributed by atoms with Gasteiger partial charge in [-0.15, -0.1) is 0 Å². The minimum atomic E-state index is -0.156. The molecule has 1 N–H and O–H groups in total. The van der Waals surface area contributed by atoms with Crippen LogP contribution < -0.4 is 5.32 Å². The van der Waals surface area contributed by atoms with E-state index in [4.69, 9.17) is 0 Å². The van der Waals surface area contributed by atoms with Gasteiger partial charge in [0.1, 0.15) is 5.82 Å². The fourth-order valence-corrected chi connectivity index (χ4v) is 2.56. The highest BCUT2D eigenvalue weighted by molar-refractivity contribution is 5.82. The first-order valence-corrected chi connectivity index (χ1v) is 7.19. The lowest BCUT2D eigenvalue weighted by Crippen LogP contribution is -2.19. The van der Waals surface area contributed by atoms with Crippen LogP contribution in [0.15, 0.2) is 66.7 Å². The summed E-state index contributed by atoms with van der Waals surface area (Å²) in [5.41, 5.74) is 1.91. The molecule has 0 aromatic heterocycles. The zero-order valence-electron chi connectivity index (χ0n) is 12.0. The molecule has 0 aliphatic rings. The maximum absolute atomic E-state index is 13.7. The van der Waals surface area contributed by atoms with Crippen LogP contribution in [0.5, 0.6) is 0 Å². The Kier molecular flexibility index (Phi) is 3.98. The molecule has 0 saturated heterocycles. The molecule has 1 nitrogen and oxygen atoms in total. The maximum Gasteiger partial charge on any atom is 0.127 e. The summed E-state index contributed by atoms with van der Waals surface area (Å²) < 4.78 is 13.7. The molecule has 0 unspecified atom stereocenters. The summed E-state index contributed by atoms with van der Waals surface area (Å²) in [6, 6.07) is 21.6. The van der Waals surface area contributed by atoms with Crippen molar-refractivity contribution < 1.29 is 4.39 Å². The van der Waals surface area contributed by atoms with Gasteiger partial charge in [0.05, 0.1) is 0 Å². The monoisotopic (exact) mass is 279 g/mol. The van der Waals surface area contributed by atoms with Crippen molar-refractivity contribution in [1.29, 1.82) is 0 Å². The lowest BCUT2D eigenvalue weighted by Gasteiger charge is -2.15. The summed E-state index contributed by atoms with van der Waals surface area (Å²) in [7, 11) is 0. The molecule has 0 amide bonds. The van der Waals surface area contributed by atoms with E-state index in [1.54, 1.807) is 6.07 Å². The Labute approximate surface area is 124 Å². The second-order valence-corrected chi connectivity index (χ2v) is 5.31. The fraction of sp³-hybridized carbons (Fsp3) is 0.158. The summed E-state index contributed by atoms with van der Waals surface area (Å²) in [5, 5.41) is 5.85. The van der Waals surface area contributed by atoms with Gasteiger partial charge < -0.3 is 5.32 Å². The number of benzene rings is 3. The Hall–Kier alpha value is -2.19. The topological polar surface area (TPSA) is 12.0 Å². The highest BCUT2D eigenvalue weighted by atomic mass is 19.1. The van der Waals surface area contributed by atoms with Crippen molar-refractivity contribution in [2.24, 2.45) is 0 Å². The highest BCUT2D eigenvalue weighted by Crippen LogP contribution is 2.18. The van der Waals surface area contributed by atoms with Crippen LogP contribution in [0.3, 0.4) is 0 Å². The van der Waals surface area contributed by atoms with Gasteiger partial charge >= 0.3 is 0 Å². The average Bonchev–Trinajstić information content (AvgIpc) is 2.53. The van der Waals surface area contributed by atoms with Crippen LogP contribution in [0.2, 0.25) is 0 Å². The van der Waals surface area contributed by atoms with Crippen molar-refractivity contribution in [2.45, 2.75) is 19.5 Å². The predicted molar refractivity (Wildman–Crippen MR) is 85.6 cm³/mol. The first kappa shape index (κ1) is 13.8. The van der Waals surface area contributed by atoms with E-state index in [0.717, 1.165) is 6.54 Å². The first-order valence-electron chi connectivity index (χ1n) is 7.19. The number of hydrogen-bond donors (Lipinski definition) is 1. The second-order valence-electron chi connectivity index (χ2n) is 5.31. The zero-order valence-corrected chi connectivity index (χ0v) is 12.0. The van der Waals surface area contributed by atoms with Gasteiger partial charge in [0.2, 0.25) is 0 Å².